The molecular weight excluding hydrogens is 354 g/mol. The predicted octanol–water partition coefficient (Wildman–Crippen LogP) is 3.96. The monoisotopic (exact) mass is 377 g/mol. The van der Waals surface area contributed by atoms with E-state index in [0.717, 1.165) is 30.5 Å². The molecule has 28 heavy (non-hydrogen) atoms. The second-order valence-corrected chi connectivity index (χ2v) is 6.55. The van der Waals surface area contributed by atoms with Crippen LogP contribution in [0.15, 0.2) is 48.7 Å². The molecule has 0 spiro atoms. The Labute approximate surface area is 163 Å². The Bertz CT molecular complexity index is 959. The van der Waals surface area contributed by atoms with E-state index in [9.17, 15) is 9.59 Å². The lowest BCUT2D eigenvalue weighted by Crippen LogP contribution is -2.29. The van der Waals surface area contributed by atoms with Crippen LogP contribution in [0.4, 0.5) is 10.6 Å². The van der Waals surface area contributed by atoms with Crippen molar-refractivity contribution in [2.45, 2.75) is 32.6 Å². The van der Waals surface area contributed by atoms with Crippen LogP contribution in [0.1, 0.15) is 32.6 Å². The molecular formula is C21H23N5O2. The summed E-state index contributed by atoms with van der Waals surface area (Å²) in [6, 6.07) is 12.9. The van der Waals surface area contributed by atoms with E-state index in [1.165, 1.54) is 0 Å². The van der Waals surface area contributed by atoms with Crippen LogP contribution in [0.5, 0.6) is 0 Å². The maximum absolute atomic E-state index is 12.0. The highest BCUT2D eigenvalue weighted by Crippen LogP contribution is 2.19. The summed E-state index contributed by atoms with van der Waals surface area (Å²) in [6.07, 6.45) is 4.90. The molecule has 144 valence electrons. The molecule has 2 N–H and O–H groups in total. The fourth-order valence-corrected chi connectivity index (χ4v) is 2.75. The largest absolute Gasteiger partial charge is 0.338 e. The Kier molecular flexibility index (Phi) is 6.62. The van der Waals surface area contributed by atoms with Crippen molar-refractivity contribution in [1.29, 1.82) is 0 Å². The molecule has 0 saturated carbocycles. The van der Waals surface area contributed by atoms with Gasteiger partial charge in [-0.05, 0) is 31.9 Å². The molecule has 2 amide bonds. The Morgan fingerprint density at radius 3 is 2.57 bits per heavy atom. The Morgan fingerprint density at radius 1 is 0.964 bits per heavy atom. The number of carbonyl (C=O) groups excluding carboxylic acids is 2. The van der Waals surface area contributed by atoms with Crippen molar-refractivity contribution in [3.8, 4) is 11.3 Å². The molecule has 0 saturated heterocycles. The third-order valence-electron chi connectivity index (χ3n) is 4.21. The summed E-state index contributed by atoms with van der Waals surface area (Å²) in [6.45, 7) is 2.14. The summed E-state index contributed by atoms with van der Waals surface area (Å²) in [5, 5.41) is 5.51. The number of pyridine rings is 1. The summed E-state index contributed by atoms with van der Waals surface area (Å²) in [4.78, 5) is 36.2. The average molecular weight is 377 g/mol. The Hall–Kier alpha value is -3.35. The number of ketones is 1. The number of carbonyl (C=O) groups is 2. The molecule has 0 aliphatic rings. The van der Waals surface area contributed by atoms with Gasteiger partial charge in [0.25, 0.3) is 0 Å². The first-order valence-electron chi connectivity index (χ1n) is 9.35. The van der Waals surface area contributed by atoms with E-state index in [2.05, 4.69) is 25.6 Å². The zero-order chi connectivity index (χ0) is 19.8. The molecule has 0 aliphatic heterocycles. The Balaban J connectivity index is 1.57. The standard InChI is InChI=1S/C21H23N5O2/c1-15(27)8-4-3-7-13-22-21(28)26-19-12-11-17-20(25-19)24-18(14-23-17)16-9-5-2-6-10-16/h2,5-6,9-12,14H,3-4,7-8,13H2,1H3,(H2,22,24,25,26,28). The number of nitrogens with zero attached hydrogens (tertiary/aromatic N) is 3. The van der Waals surface area contributed by atoms with Gasteiger partial charge in [0.2, 0.25) is 0 Å². The molecule has 3 aromatic rings. The smallest absolute Gasteiger partial charge is 0.320 e. The minimum atomic E-state index is -0.314. The third-order valence-corrected chi connectivity index (χ3v) is 4.21. The molecule has 2 aromatic heterocycles. The van der Waals surface area contributed by atoms with Gasteiger partial charge in [-0.25, -0.2) is 14.8 Å². The summed E-state index contributed by atoms with van der Waals surface area (Å²) < 4.78 is 0. The number of rotatable bonds is 8. The van der Waals surface area contributed by atoms with Crippen molar-refractivity contribution in [3.05, 3.63) is 48.7 Å². The van der Waals surface area contributed by atoms with Gasteiger partial charge < -0.3 is 10.1 Å². The number of hydrogen-bond donors (Lipinski definition) is 2. The molecule has 0 atom stereocenters. The fourth-order valence-electron chi connectivity index (χ4n) is 2.75. The van der Waals surface area contributed by atoms with Gasteiger partial charge in [0.15, 0.2) is 5.65 Å². The van der Waals surface area contributed by atoms with Gasteiger partial charge in [0.05, 0.1) is 11.9 Å². The first-order valence-corrected chi connectivity index (χ1v) is 9.35. The number of Topliss-reactive ketones (excluding diaryl/α,β-unsaturated/α-hetero) is 1. The van der Waals surface area contributed by atoms with Crippen molar-refractivity contribution in [3.63, 3.8) is 0 Å². The van der Waals surface area contributed by atoms with Crippen LogP contribution in [0, 0.1) is 0 Å². The van der Waals surface area contributed by atoms with Crippen LogP contribution in [-0.4, -0.2) is 33.3 Å². The van der Waals surface area contributed by atoms with Crippen molar-refractivity contribution in [2.24, 2.45) is 0 Å². The van der Waals surface area contributed by atoms with Gasteiger partial charge in [-0.15, -0.1) is 0 Å². The zero-order valence-corrected chi connectivity index (χ0v) is 15.8. The maximum Gasteiger partial charge on any atom is 0.320 e. The van der Waals surface area contributed by atoms with Crippen molar-refractivity contribution < 1.29 is 9.59 Å². The van der Waals surface area contributed by atoms with Crippen LogP contribution in [0.3, 0.4) is 0 Å². The van der Waals surface area contributed by atoms with E-state index >= 15 is 0 Å². The minimum absolute atomic E-state index is 0.201. The van der Waals surface area contributed by atoms with E-state index in [4.69, 9.17) is 0 Å². The molecule has 0 bridgehead atoms. The molecule has 0 aliphatic carbocycles. The number of hydrogen-bond acceptors (Lipinski definition) is 5. The van der Waals surface area contributed by atoms with Crippen molar-refractivity contribution in [1.82, 2.24) is 20.3 Å². The van der Waals surface area contributed by atoms with Gasteiger partial charge >= 0.3 is 6.03 Å². The van der Waals surface area contributed by atoms with E-state index in [1.54, 1.807) is 25.3 Å². The summed E-state index contributed by atoms with van der Waals surface area (Å²) in [5.74, 6) is 0.618. The van der Waals surface area contributed by atoms with E-state index < -0.39 is 0 Å². The summed E-state index contributed by atoms with van der Waals surface area (Å²) in [5.41, 5.74) is 2.83. The molecule has 0 radical (unpaired) electrons. The quantitative estimate of drug-likeness (QED) is 0.579. The normalized spacial score (nSPS) is 10.6. The molecule has 2 heterocycles. The van der Waals surface area contributed by atoms with E-state index in [1.807, 2.05) is 30.3 Å². The van der Waals surface area contributed by atoms with Gasteiger partial charge in [0.1, 0.15) is 17.1 Å². The molecule has 0 unspecified atom stereocenters. The number of anilines is 1. The highest BCUT2D eigenvalue weighted by atomic mass is 16.2. The van der Waals surface area contributed by atoms with Gasteiger partial charge in [-0.1, -0.05) is 36.8 Å². The highest BCUT2D eigenvalue weighted by molar-refractivity contribution is 5.89. The highest BCUT2D eigenvalue weighted by Gasteiger charge is 2.07. The van der Waals surface area contributed by atoms with Crippen LogP contribution < -0.4 is 10.6 Å². The number of unbranched alkanes of at least 4 members (excludes halogenated alkanes) is 2. The summed E-state index contributed by atoms with van der Waals surface area (Å²) in [7, 11) is 0. The van der Waals surface area contributed by atoms with E-state index in [0.29, 0.717) is 29.9 Å². The zero-order valence-electron chi connectivity index (χ0n) is 15.8. The van der Waals surface area contributed by atoms with Crippen molar-refractivity contribution in [2.75, 3.05) is 11.9 Å². The van der Waals surface area contributed by atoms with Crippen molar-refractivity contribution >= 4 is 28.8 Å². The van der Waals surface area contributed by atoms with Gasteiger partial charge in [-0.3, -0.25) is 10.3 Å². The molecule has 1 aromatic carbocycles. The SMILES string of the molecule is CC(=O)CCCCCNC(=O)Nc1ccc2ncc(-c3ccccc3)nc2n1. The van der Waals surface area contributed by atoms with Gasteiger partial charge in [0, 0.05) is 18.5 Å². The lowest BCUT2D eigenvalue weighted by Gasteiger charge is -2.08. The second kappa shape index (κ2) is 9.55. The van der Waals surface area contributed by atoms with Crippen LogP contribution in [0.25, 0.3) is 22.4 Å². The van der Waals surface area contributed by atoms with Crippen LogP contribution in [0.2, 0.25) is 0 Å². The second-order valence-electron chi connectivity index (χ2n) is 6.55. The van der Waals surface area contributed by atoms with Gasteiger partial charge in [-0.2, -0.15) is 0 Å². The maximum atomic E-state index is 12.0. The number of amides is 2. The average Bonchev–Trinajstić information content (AvgIpc) is 2.70. The molecule has 3 rings (SSSR count). The number of urea groups is 1. The number of nitrogens with one attached hydrogen (secondary N) is 2. The molecule has 7 nitrogen and oxygen atoms in total. The van der Waals surface area contributed by atoms with Crippen LogP contribution >= 0.6 is 0 Å². The topological polar surface area (TPSA) is 96.9 Å². The summed E-state index contributed by atoms with van der Waals surface area (Å²) >= 11 is 0. The lowest BCUT2D eigenvalue weighted by molar-refractivity contribution is -0.117. The molecule has 0 fully saturated rings. The molecule has 7 heteroatoms. The fraction of sp³-hybridized carbons (Fsp3) is 0.286. The predicted molar refractivity (Wildman–Crippen MR) is 109 cm³/mol. The first-order chi connectivity index (χ1) is 13.6. The third kappa shape index (κ3) is 5.57. The number of fused-ring (bicyclic) bond motifs is 1. The lowest BCUT2D eigenvalue weighted by atomic mass is 10.1. The van der Waals surface area contributed by atoms with E-state index in [-0.39, 0.29) is 11.8 Å². The number of benzene rings is 1. The number of aromatic nitrogens is 3. The van der Waals surface area contributed by atoms with Crippen LogP contribution in [-0.2, 0) is 4.79 Å². The minimum Gasteiger partial charge on any atom is -0.338 e. The first kappa shape index (κ1) is 19.4. The Morgan fingerprint density at radius 2 is 1.79 bits per heavy atom.